The molecule has 5 heteroatoms. The van der Waals surface area contributed by atoms with Crippen LogP contribution in [0.2, 0.25) is 0 Å². The minimum absolute atomic E-state index is 0.238. The smallest absolute Gasteiger partial charge is 0.167 e. The molecule has 1 aliphatic carbocycles. The number of halogens is 1. The molecule has 0 bridgehead atoms. The predicted octanol–water partition coefficient (Wildman–Crippen LogP) is 2.67. The van der Waals surface area contributed by atoms with Crippen LogP contribution >= 0.6 is 0 Å². The monoisotopic (exact) mass is 282 g/mol. The molecule has 1 aromatic carbocycles. The van der Waals surface area contributed by atoms with Crippen LogP contribution in [-0.2, 0) is 4.74 Å². The van der Waals surface area contributed by atoms with Gasteiger partial charge in [-0.05, 0) is 25.7 Å². The van der Waals surface area contributed by atoms with Gasteiger partial charge in [0, 0.05) is 32.3 Å². The Morgan fingerprint density at radius 1 is 1.40 bits per heavy atom. The summed E-state index contributed by atoms with van der Waals surface area (Å²) in [7, 11) is 1.92. The van der Waals surface area contributed by atoms with Crippen molar-refractivity contribution >= 4 is 11.4 Å². The van der Waals surface area contributed by atoms with Crippen LogP contribution in [-0.4, -0.2) is 33.4 Å². The van der Waals surface area contributed by atoms with Gasteiger partial charge < -0.3 is 20.1 Å². The summed E-state index contributed by atoms with van der Waals surface area (Å²) >= 11 is 0. The Morgan fingerprint density at radius 2 is 2.15 bits per heavy atom. The van der Waals surface area contributed by atoms with Gasteiger partial charge in [-0.3, -0.25) is 0 Å². The zero-order chi connectivity index (χ0) is 14.5. The topological polar surface area (TPSA) is 47.7 Å². The zero-order valence-electron chi connectivity index (χ0n) is 12.2. The molecule has 1 aromatic rings. The first-order valence-corrected chi connectivity index (χ1v) is 7.12. The summed E-state index contributed by atoms with van der Waals surface area (Å²) < 4.78 is 24.5. The van der Waals surface area contributed by atoms with Gasteiger partial charge in [-0.2, -0.15) is 0 Å². The van der Waals surface area contributed by atoms with Crippen molar-refractivity contribution < 1.29 is 13.9 Å². The molecule has 0 heterocycles. The average molecular weight is 282 g/mol. The molecule has 112 valence electrons. The molecule has 0 aromatic heterocycles. The van der Waals surface area contributed by atoms with E-state index in [1.807, 2.05) is 18.9 Å². The van der Waals surface area contributed by atoms with E-state index < -0.39 is 5.82 Å². The van der Waals surface area contributed by atoms with E-state index in [-0.39, 0.29) is 5.75 Å². The lowest BCUT2D eigenvalue weighted by Crippen LogP contribution is -2.24. The largest absolute Gasteiger partial charge is 0.491 e. The second kappa shape index (κ2) is 6.79. The highest BCUT2D eigenvalue weighted by Crippen LogP contribution is 2.31. The number of ether oxygens (including phenoxy) is 2. The van der Waals surface area contributed by atoms with Crippen molar-refractivity contribution in [3.05, 3.63) is 17.9 Å². The van der Waals surface area contributed by atoms with E-state index in [4.69, 9.17) is 15.2 Å². The lowest BCUT2D eigenvalue weighted by molar-refractivity contribution is 0.131. The molecule has 0 amide bonds. The Hall–Kier alpha value is -1.49. The van der Waals surface area contributed by atoms with Crippen LogP contribution in [0, 0.1) is 11.7 Å². The normalized spacial score (nSPS) is 14.3. The zero-order valence-corrected chi connectivity index (χ0v) is 12.2. The fourth-order valence-electron chi connectivity index (χ4n) is 2.01. The summed E-state index contributed by atoms with van der Waals surface area (Å²) in [4.78, 5) is 1.96. The highest BCUT2D eigenvalue weighted by Gasteiger charge is 2.21. The van der Waals surface area contributed by atoms with Crippen molar-refractivity contribution in [2.75, 3.05) is 44.0 Å². The molecule has 0 atom stereocenters. The fourth-order valence-corrected chi connectivity index (χ4v) is 2.01. The van der Waals surface area contributed by atoms with Crippen LogP contribution in [0.15, 0.2) is 12.1 Å². The third-order valence-corrected chi connectivity index (χ3v) is 3.41. The first-order valence-electron chi connectivity index (χ1n) is 7.12. The van der Waals surface area contributed by atoms with Gasteiger partial charge in [0.2, 0.25) is 0 Å². The molecule has 1 saturated carbocycles. The van der Waals surface area contributed by atoms with E-state index in [9.17, 15) is 4.39 Å². The molecule has 0 unspecified atom stereocenters. The minimum atomic E-state index is -0.425. The van der Waals surface area contributed by atoms with Gasteiger partial charge in [0.05, 0.1) is 24.6 Å². The van der Waals surface area contributed by atoms with Crippen molar-refractivity contribution in [3.63, 3.8) is 0 Å². The molecule has 0 spiro atoms. The number of rotatable bonds is 8. The molecule has 20 heavy (non-hydrogen) atoms. The minimum Gasteiger partial charge on any atom is -0.491 e. The SMILES string of the molecule is CCOc1cc(N(C)CCOCC2CC2)c(N)cc1F. The Kier molecular flexibility index (Phi) is 5.06. The Labute approximate surface area is 119 Å². The number of anilines is 2. The van der Waals surface area contributed by atoms with Crippen molar-refractivity contribution in [1.82, 2.24) is 0 Å². The number of hydrogen-bond donors (Lipinski definition) is 1. The first-order chi connectivity index (χ1) is 9.61. The van der Waals surface area contributed by atoms with Crippen LogP contribution < -0.4 is 15.4 Å². The van der Waals surface area contributed by atoms with Crippen LogP contribution in [0.5, 0.6) is 5.75 Å². The van der Waals surface area contributed by atoms with E-state index >= 15 is 0 Å². The Bertz CT molecular complexity index is 450. The van der Waals surface area contributed by atoms with Gasteiger partial charge in [-0.25, -0.2) is 4.39 Å². The quantitative estimate of drug-likeness (QED) is 0.588. The second-order valence-corrected chi connectivity index (χ2v) is 5.21. The number of nitrogen functional groups attached to an aromatic ring is 1. The third-order valence-electron chi connectivity index (χ3n) is 3.41. The van der Waals surface area contributed by atoms with Gasteiger partial charge >= 0.3 is 0 Å². The summed E-state index contributed by atoms with van der Waals surface area (Å²) in [6.45, 7) is 4.46. The van der Waals surface area contributed by atoms with E-state index in [1.54, 1.807) is 6.07 Å². The van der Waals surface area contributed by atoms with Gasteiger partial charge in [0.25, 0.3) is 0 Å². The number of hydrogen-bond acceptors (Lipinski definition) is 4. The van der Waals surface area contributed by atoms with Crippen molar-refractivity contribution in [3.8, 4) is 5.75 Å². The number of likely N-dealkylation sites (N-methyl/N-ethyl adjacent to an activating group) is 1. The molecule has 4 nitrogen and oxygen atoms in total. The molecular formula is C15H23FN2O2. The van der Waals surface area contributed by atoms with Crippen molar-refractivity contribution in [1.29, 1.82) is 0 Å². The van der Waals surface area contributed by atoms with Gasteiger partial charge in [-0.15, -0.1) is 0 Å². The van der Waals surface area contributed by atoms with E-state index in [0.717, 1.165) is 18.2 Å². The summed E-state index contributed by atoms with van der Waals surface area (Å²) in [6.07, 6.45) is 2.58. The molecule has 2 rings (SSSR count). The summed E-state index contributed by atoms with van der Waals surface area (Å²) in [6, 6.07) is 2.96. The van der Waals surface area contributed by atoms with Crippen molar-refractivity contribution in [2.24, 2.45) is 5.92 Å². The van der Waals surface area contributed by atoms with Gasteiger partial charge in [-0.1, -0.05) is 0 Å². The van der Waals surface area contributed by atoms with Crippen LogP contribution in [0.4, 0.5) is 15.8 Å². The van der Waals surface area contributed by atoms with E-state index in [2.05, 4.69) is 0 Å². The van der Waals surface area contributed by atoms with Gasteiger partial charge in [0.1, 0.15) is 0 Å². The maximum absolute atomic E-state index is 13.6. The van der Waals surface area contributed by atoms with Crippen molar-refractivity contribution in [2.45, 2.75) is 19.8 Å². The molecule has 0 aliphatic heterocycles. The fraction of sp³-hybridized carbons (Fsp3) is 0.600. The van der Waals surface area contributed by atoms with E-state index in [0.29, 0.717) is 25.4 Å². The second-order valence-electron chi connectivity index (χ2n) is 5.21. The molecular weight excluding hydrogens is 259 g/mol. The first kappa shape index (κ1) is 14.9. The summed E-state index contributed by atoms with van der Waals surface area (Å²) in [5.41, 5.74) is 7.05. The molecule has 0 radical (unpaired) electrons. The number of nitrogens with zero attached hydrogens (tertiary/aromatic N) is 1. The lowest BCUT2D eigenvalue weighted by atomic mass is 10.2. The maximum Gasteiger partial charge on any atom is 0.167 e. The van der Waals surface area contributed by atoms with E-state index in [1.165, 1.54) is 18.9 Å². The lowest BCUT2D eigenvalue weighted by Gasteiger charge is -2.22. The standard InChI is InChI=1S/C15H23FN2O2/c1-3-20-15-9-14(13(17)8-12(15)16)18(2)6-7-19-10-11-4-5-11/h8-9,11H,3-7,10,17H2,1-2H3. The van der Waals surface area contributed by atoms with Crippen LogP contribution in [0.25, 0.3) is 0 Å². The molecule has 1 fully saturated rings. The number of nitrogens with two attached hydrogens (primary N) is 1. The predicted molar refractivity (Wildman–Crippen MR) is 78.8 cm³/mol. The molecule has 0 saturated heterocycles. The highest BCUT2D eigenvalue weighted by atomic mass is 19.1. The summed E-state index contributed by atoms with van der Waals surface area (Å²) in [5, 5.41) is 0. The molecule has 2 N–H and O–H groups in total. The average Bonchev–Trinajstić information content (AvgIpc) is 3.22. The highest BCUT2D eigenvalue weighted by molar-refractivity contribution is 5.69. The Balaban J connectivity index is 1.92. The maximum atomic E-state index is 13.6. The third kappa shape index (κ3) is 4.00. The number of benzene rings is 1. The van der Waals surface area contributed by atoms with Crippen LogP contribution in [0.1, 0.15) is 19.8 Å². The van der Waals surface area contributed by atoms with Crippen LogP contribution in [0.3, 0.4) is 0 Å². The Morgan fingerprint density at radius 3 is 2.80 bits per heavy atom. The molecule has 1 aliphatic rings. The van der Waals surface area contributed by atoms with Gasteiger partial charge in [0.15, 0.2) is 11.6 Å². The summed E-state index contributed by atoms with van der Waals surface area (Å²) in [5.74, 6) is 0.578.